The van der Waals surface area contributed by atoms with Gasteiger partial charge in [0.15, 0.2) is 0 Å². The van der Waals surface area contributed by atoms with Crippen molar-refractivity contribution in [2.75, 3.05) is 0 Å². The van der Waals surface area contributed by atoms with Crippen LogP contribution in [0.4, 0.5) is 4.79 Å². The standard InChI is InChI=1S/C33H34N6O5/c1-3-29-34-28-16-10-15-26(32(40)42-21(2)43-33(41)44-24-13-8-5-9-14-24)30(28)39(29)20-22-17-18-25(23-11-6-4-7-12-23)27(19-22)31-35-37-38-36-31/h4,6-7,10-12,15-19,21,24H,3,5,8-9,13-14,20H2,1-2H3,(H,35,36,37,38). The quantitative estimate of drug-likeness (QED) is 0.150. The molecule has 0 saturated heterocycles. The monoisotopic (exact) mass is 594 g/mol. The molecule has 226 valence electrons. The number of para-hydroxylation sites is 1. The largest absolute Gasteiger partial charge is 0.511 e. The van der Waals surface area contributed by atoms with Gasteiger partial charge in [0.1, 0.15) is 11.9 Å². The van der Waals surface area contributed by atoms with E-state index in [1.54, 1.807) is 12.1 Å². The third-order valence-corrected chi connectivity index (χ3v) is 7.83. The van der Waals surface area contributed by atoms with Gasteiger partial charge in [0.25, 0.3) is 0 Å². The average Bonchev–Trinajstić information content (AvgIpc) is 3.70. The topological polar surface area (TPSA) is 134 Å². The van der Waals surface area contributed by atoms with Crippen LogP contribution in [0.2, 0.25) is 0 Å². The molecule has 1 aliphatic carbocycles. The normalized spacial score (nSPS) is 14.3. The number of hydrogen-bond donors (Lipinski definition) is 1. The molecule has 11 nitrogen and oxygen atoms in total. The van der Waals surface area contributed by atoms with E-state index in [1.807, 2.05) is 66.1 Å². The summed E-state index contributed by atoms with van der Waals surface area (Å²) in [5, 5.41) is 14.8. The molecular weight excluding hydrogens is 560 g/mol. The summed E-state index contributed by atoms with van der Waals surface area (Å²) in [7, 11) is 0. The van der Waals surface area contributed by atoms with E-state index in [-0.39, 0.29) is 6.10 Å². The molecule has 6 rings (SSSR count). The van der Waals surface area contributed by atoms with Gasteiger partial charge in [-0.15, -0.1) is 10.2 Å². The predicted molar refractivity (Wildman–Crippen MR) is 163 cm³/mol. The Morgan fingerprint density at radius 1 is 0.977 bits per heavy atom. The number of rotatable bonds is 9. The van der Waals surface area contributed by atoms with Crippen molar-refractivity contribution >= 4 is 23.2 Å². The molecule has 1 unspecified atom stereocenters. The molecule has 1 saturated carbocycles. The number of carbonyl (C=O) groups is 2. The molecule has 11 heteroatoms. The number of tetrazole rings is 1. The van der Waals surface area contributed by atoms with E-state index < -0.39 is 18.4 Å². The van der Waals surface area contributed by atoms with E-state index in [1.165, 1.54) is 6.92 Å². The number of hydrogen-bond acceptors (Lipinski definition) is 9. The van der Waals surface area contributed by atoms with Crippen LogP contribution in [0.25, 0.3) is 33.5 Å². The first kappa shape index (κ1) is 29.0. The zero-order valence-electron chi connectivity index (χ0n) is 24.7. The number of fused-ring (bicyclic) bond motifs is 1. The van der Waals surface area contributed by atoms with Crippen LogP contribution in [0.1, 0.15) is 67.7 Å². The summed E-state index contributed by atoms with van der Waals surface area (Å²) in [6, 6.07) is 21.5. The molecule has 5 aromatic rings. The Hall–Kier alpha value is -5.06. The Bertz CT molecular complexity index is 1750. The van der Waals surface area contributed by atoms with Crippen molar-refractivity contribution < 1.29 is 23.8 Å². The van der Waals surface area contributed by atoms with Gasteiger partial charge in [-0.25, -0.2) is 14.6 Å². The number of nitrogens with zero attached hydrogens (tertiary/aromatic N) is 5. The second kappa shape index (κ2) is 13.1. The predicted octanol–water partition coefficient (Wildman–Crippen LogP) is 6.48. The number of aromatic amines is 1. The van der Waals surface area contributed by atoms with Crippen LogP contribution in [0.5, 0.6) is 0 Å². The van der Waals surface area contributed by atoms with Crippen molar-refractivity contribution in [1.82, 2.24) is 30.2 Å². The number of ether oxygens (including phenoxy) is 3. The zero-order chi connectivity index (χ0) is 30.5. The lowest BCUT2D eigenvalue weighted by Crippen LogP contribution is -2.26. The van der Waals surface area contributed by atoms with Gasteiger partial charge in [0.05, 0.1) is 16.6 Å². The van der Waals surface area contributed by atoms with Crippen LogP contribution in [0, 0.1) is 0 Å². The van der Waals surface area contributed by atoms with Gasteiger partial charge < -0.3 is 18.8 Å². The van der Waals surface area contributed by atoms with Crippen molar-refractivity contribution in [3.05, 3.63) is 83.7 Å². The molecule has 0 bridgehead atoms. The fourth-order valence-corrected chi connectivity index (χ4v) is 5.76. The van der Waals surface area contributed by atoms with Crippen LogP contribution < -0.4 is 0 Å². The van der Waals surface area contributed by atoms with Crippen molar-refractivity contribution in [2.45, 2.75) is 71.3 Å². The Morgan fingerprint density at radius 2 is 1.80 bits per heavy atom. The number of aryl methyl sites for hydroxylation is 1. The van der Waals surface area contributed by atoms with Crippen molar-refractivity contribution in [3.8, 4) is 22.5 Å². The number of esters is 1. The molecule has 0 aliphatic heterocycles. The molecule has 1 atom stereocenters. The summed E-state index contributed by atoms with van der Waals surface area (Å²) in [5.74, 6) is 0.676. The highest BCUT2D eigenvalue weighted by Crippen LogP contribution is 2.32. The fraction of sp³-hybridized carbons (Fsp3) is 0.333. The zero-order valence-corrected chi connectivity index (χ0v) is 24.7. The van der Waals surface area contributed by atoms with Crippen LogP contribution in [0.15, 0.2) is 66.7 Å². The Kier molecular flexibility index (Phi) is 8.62. The third-order valence-electron chi connectivity index (χ3n) is 7.83. The summed E-state index contributed by atoms with van der Waals surface area (Å²) in [6.45, 7) is 3.96. The molecule has 2 aromatic heterocycles. The van der Waals surface area contributed by atoms with Gasteiger partial charge in [-0.1, -0.05) is 61.9 Å². The highest BCUT2D eigenvalue weighted by molar-refractivity contribution is 6.02. The van der Waals surface area contributed by atoms with E-state index >= 15 is 0 Å². The molecule has 0 amide bonds. The fourth-order valence-electron chi connectivity index (χ4n) is 5.76. The number of aromatic nitrogens is 6. The van der Waals surface area contributed by atoms with Crippen LogP contribution in [-0.2, 0) is 27.2 Å². The first-order chi connectivity index (χ1) is 21.5. The Balaban J connectivity index is 1.27. The van der Waals surface area contributed by atoms with E-state index in [0.29, 0.717) is 35.4 Å². The third kappa shape index (κ3) is 6.31. The molecule has 1 aliphatic rings. The number of imidazole rings is 1. The first-order valence-electron chi connectivity index (χ1n) is 15.0. The van der Waals surface area contributed by atoms with Crippen LogP contribution >= 0.6 is 0 Å². The number of H-pyrrole nitrogens is 1. The maximum Gasteiger partial charge on any atom is 0.511 e. The first-order valence-corrected chi connectivity index (χ1v) is 15.0. The second-order valence-corrected chi connectivity index (χ2v) is 10.8. The molecule has 0 radical (unpaired) electrons. The number of nitrogens with one attached hydrogen (secondary N) is 1. The summed E-state index contributed by atoms with van der Waals surface area (Å²) in [5.41, 5.74) is 5.43. The van der Waals surface area contributed by atoms with E-state index in [2.05, 4.69) is 20.6 Å². The number of carbonyl (C=O) groups excluding carboxylic acids is 2. The molecular formula is C33H34N6O5. The number of benzene rings is 3. The molecule has 1 fully saturated rings. The van der Waals surface area contributed by atoms with Crippen LogP contribution in [0.3, 0.4) is 0 Å². The molecule has 2 heterocycles. The highest BCUT2D eigenvalue weighted by atomic mass is 16.8. The van der Waals surface area contributed by atoms with Gasteiger partial charge >= 0.3 is 12.1 Å². The SMILES string of the molecule is CCc1nc2cccc(C(=O)OC(C)OC(=O)OC3CCCCC3)c2n1Cc1ccc(-c2ccccc2)c(-c2nn[nH]n2)c1. The minimum absolute atomic E-state index is 0.155. The molecule has 0 spiro atoms. The maximum absolute atomic E-state index is 13.4. The van der Waals surface area contributed by atoms with Crippen LogP contribution in [-0.4, -0.2) is 54.7 Å². The van der Waals surface area contributed by atoms with Gasteiger partial charge in [-0.2, -0.15) is 5.21 Å². The minimum atomic E-state index is -1.13. The highest BCUT2D eigenvalue weighted by Gasteiger charge is 2.24. The second-order valence-electron chi connectivity index (χ2n) is 10.8. The van der Waals surface area contributed by atoms with Crippen molar-refractivity contribution in [3.63, 3.8) is 0 Å². The lowest BCUT2D eigenvalue weighted by Gasteiger charge is -2.22. The Morgan fingerprint density at radius 3 is 2.55 bits per heavy atom. The van der Waals surface area contributed by atoms with Crippen molar-refractivity contribution in [2.24, 2.45) is 0 Å². The van der Waals surface area contributed by atoms with Gasteiger partial charge in [0.2, 0.25) is 12.1 Å². The van der Waals surface area contributed by atoms with Gasteiger partial charge in [0, 0.05) is 25.5 Å². The van der Waals surface area contributed by atoms with E-state index in [9.17, 15) is 9.59 Å². The van der Waals surface area contributed by atoms with E-state index in [0.717, 1.165) is 60.2 Å². The summed E-state index contributed by atoms with van der Waals surface area (Å²) in [4.78, 5) is 30.6. The Labute approximate surface area is 254 Å². The lowest BCUT2D eigenvalue weighted by molar-refractivity contribution is -0.0914. The summed E-state index contributed by atoms with van der Waals surface area (Å²) < 4.78 is 18.2. The lowest BCUT2D eigenvalue weighted by atomic mass is 9.97. The average molecular weight is 595 g/mol. The van der Waals surface area contributed by atoms with Crippen molar-refractivity contribution in [1.29, 1.82) is 0 Å². The van der Waals surface area contributed by atoms with Gasteiger partial charge in [-0.05, 0) is 65.8 Å². The smallest absolute Gasteiger partial charge is 0.431 e. The molecule has 3 aromatic carbocycles. The molecule has 1 N–H and O–H groups in total. The summed E-state index contributed by atoms with van der Waals surface area (Å²) >= 11 is 0. The summed E-state index contributed by atoms with van der Waals surface area (Å²) in [6.07, 6.45) is 3.37. The molecule has 44 heavy (non-hydrogen) atoms. The van der Waals surface area contributed by atoms with Gasteiger partial charge in [-0.3, -0.25) is 0 Å². The minimum Gasteiger partial charge on any atom is -0.431 e. The van der Waals surface area contributed by atoms with E-state index in [4.69, 9.17) is 19.2 Å². The maximum atomic E-state index is 13.4.